The van der Waals surface area contributed by atoms with Crippen molar-refractivity contribution >= 4 is 5.97 Å². The van der Waals surface area contributed by atoms with E-state index in [0.717, 1.165) is 17.8 Å². The summed E-state index contributed by atoms with van der Waals surface area (Å²) >= 11 is 0. The Kier molecular flexibility index (Phi) is 5.29. The summed E-state index contributed by atoms with van der Waals surface area (Å²) in [5.74, 6) is 0.200. The van der Waals surface area contributed by atoms with Gasteiger partial charge in [0.15, 0.2) is 0 Å². The highest BCUT2D eigenvalue weighted by molar-refractivity contribution is 5.91. The Morgan fingerprint density at radius 1 is 1.08 bits per heavy atom. The first kappa shape index (κ1) is 17.0. The average molecular weight is 335 g/mol. The summed E-state index contributed by atoms with van der Waals surface area (Å²) in [5, 5.41) is 0. The molecule has 0 saturated carbocycles. The van der Waals surface area contributed by atoms with E-state index in [1.807, 2.05) is 49.5 Å². The summed E-state index contributed by atoms with van der Waals surface area (Å²) in [6.45, 7) is 5.20. The number of aromatic nitrogens is 2. The number of hydrogen-bond donors (Lipinski definition) is 0. The molecule has 0 bridgehead atoms. The van der Waals surface area contributed by atoms with Gasteiger partial charge in [-0.3, -0.25) is 0 Å². The second-order valence-electron chi connectivity index (χ2n) is 6.16. The van der Waals surface area contributed by atoms with Gasteiger partial charge in [0, 0.05) is 0 Å². The molecule has 0 radical (unpaired) electrons. The second kappa shape index (κ2) is 7.79. The van der Waals surface area contributed by atoms with E-state index in [2.05, 4.69) is 28.6 Å². The molecule has 0 aliphatic rings. The lowest BCUT2D eigenvalue weighted by atomic mass is 10.1. The number of unbranched alkanes of at least 4 members (excludes halogenated alkanes) is 1. The molecule has 0 atom stereocenters. The van der Waals surface area contributed by atoms with Gasteiger partial charge in [-0.2, -0.15) is 0 Å². The van der Waals surface area contributed by atoms with E-state index in [9.17, 15) is 4.79 Å². The molecule has 25 heavy (non-hydrogen) atoms. The molecule has 3 aromatic rings. The molecule has 0 unspecified atom stereocenters. The SMILES string of the molecule is CCCC[n+]1ccn(-c2ccc(OC(=O)c3ccc(C)cc3)cc2)c1. The van der Waals surface area contributed by atoms with Gasteiger partial charge in [0.2, 0.25) is 6.33 Å². The quantitative estimate of drug-likeness (QED) is 0.386. The van der Waals surface area contributed by atoms with Crippen molar-refractivity contribution < 1.29 is 14.1 Å². The van der Waals surface area contributed by atoms with Gasteiger partial charge >= 0.3 is 5.97 Å². The van der Waals surface area contributed by atoms with Crippen molar-refractivity contribution in [1.29, 1.82) is 0 Å². The molecule has 4 heteroatoms. The maximum atomic E-state index is 12.2. The second-order valence-corrected chi connectivity index (χ2v) is 6.16. The number of esters is 1. The third-order valence-electron chi connectivity index (χ3n) is 4.09. The molecule has 128 valence electrons. The van der Waals surface area contributed by atoms with Gasteiger partial charge in [0.05, 0.1) is 12.1 Å². The summed E-state index contributed by atoms with van der Waals surface area (Å²) in [5.41, 5.74) is 2.70. The maximum absolute atomic E-state index is 12.2. The molecule has 1 heterocycles. The summed E-state index contributed by atoms with van der Waals surface area (Å²) < 4.78 is 9.67. The lowest BCUT2D eigenvalue weighted by molar-refractivity contribution is -0.696. The van der Waals surface area contributed by atoms with Crippen LogP contribution in [0.4, 0.5) is 0 Å². The van der Waals surface area contributed by atoms with E-state index < -0.39 is 0 Å². The first-order valence-corrected chi connectivity index (χ1v) is 8.62. The molecule has 0 N–H and O–H groups in total. The Balaban J connectivity index is 1.66. The van der Waals surface area contributed by atoms with Gasteiger partial charge in [-0.1, -0.05) is 31.0 Å². The van der Waals surface area contributed by atoms with E-state index >= 15 is 0 Å². The van der Waals surface area contributed by atoms with Crippen molar-refractivity contribution in [1.82, 2.24) is 4.57 Å². The van der Waals surface area contributed by atoms with Crippen molar-refractivity contribution in [3.8, 4) is 11.4 Å². The number of hydrogen-bond acceptors (Lipinski definition) is 2. The molecule has 0 spiro atoms. The van der Waals surface area contributed by atoms with E-state index in [1.54, 1.807) is 12.1 Å². The summed E-state index contributed by atoms with van der Waals surface area (Å²) in [6, 6.07) is 14.9. The third-order valence-corrected chi connectivity index (χ3v) is 4.09. The van der Waals surface area contributed by atoms with Gasteiger partial charge in [-0.25, -0.2) is 13.9 Å². The fourth-order valence-corrected chi connectivity index (χ4v) is 2.56. The van der Waals surface area contributed by atoms with E-state index in [4.69, 9.17) is 4.74 Å². The number of ether oxygens (including phenoxy) is 1. The van der Waals surface area contributed by atoms with Crippen LogP contribution in [0, 0.1) is 6.92 Å². The predicted molar refractivity (Wildman–Crippen MR) is 97.0 cm³/mol. The van der Waals surface area contributed by atoms with Gasteiger partial charge in [-0.15, -0.1) is 0 Å². The van der Waals surface area contributed by atoms with Crippen LogP contribution in [-0.4, -0.2) is 10.5 Å². The normalized spacial score (nSPS) is 10.6. The van der Waals surface area contributed by atoms with Gasteiger partial charge < -0.3 is 4.74 Å². The Hall–Kier alpha value is -2.88. The summed E-state index contributed by atoms with van der Waals surface area (Å²) in [6.07, 6.45) is 8.52. The molecule has 0 fully saturated rings. The first-order valence-electron chi connectivity index (χ1n) is 8.62. The van der Waals surface area contributed by atoms with Crippen LogP contribution in [-0.2, 0) is 6.54 Å². The highest BCUT2D eigenvalue weighted by Gasteiger charge is 2.10. The number of nitrogens with zero attached hydrogens (tertiary/aromatic N) is 2. The Morgan fingerprint density at radius 3 is 2.48 bits per heavy atom. The number of benzene rings is 2. The highest BCUT2D eigenvalue weighted by Crippen LogP contribution is 2.16. The van der Waals surface area contributed by atoms with Gasteiger partial charge in [0.1, 0.15) is 23.8 Å². The smallest absolute Gasteiger partial charge is 0.343 e. The molecular weight excluding hydrogens is 312 g/mol. The predicted octanol–water partition coefficient (Wildman–Crippen LogP) is 4.09. The standard InChI is InChI=1S/C21H23N2O2/c1-3-4-13-22-14-15-23(16-22)19-9-11-20(12-10-19)25-21(24)18-7-5-17(2)6-8-18/h5-12,14-16H,3-4,13H2,1-2H3/q+1. The first-order chi connectivity index (χ1) is 12.2. The minimum absolute atomic E-state index is 0.342. The molecule has 4 nitrogen and oxygen atoms in total. The van der Waals surface area contributed by atoms with Crippen LogP contribution in [0.25, 0.3) is 5.69 Å². The van der Waals surface area contributed by atoms with Crippen molar-refractivity contribution in [3.05, 3.63) is 78.4 Å². The van der Waals surface area contributed by atoms with Crippen LogP contribution in [0.15, 0.2) is 67.3 Å². The molecule has 0 aliphatic carbocycles. The number of imidazole rings is 1. The summed E-state index contributed by atoms with van der Waals surface area (Å²) in [7, 11) is 0. The number of carbonyl (C=O) groups is 1. The fourth-order valence-electron chi connectivity index (χ4n) is 2.56. The Morgan fingerprint density at radius 2 is 1.80 bits per heavy atom. The number of rotatable bonds is 6. The average Bonchev–Trinajstić information content (AvgIpc) is 3.10. The van der Waals surface area contributed by atoms with Crippen LogP contribution in [0.5, 0.6) is 5.75 Å². The highest BCUT2D eigenvalue weighted by atomic mass is 16.5. The fraction of sp³-hybridized carbons (Fsp3) is 0.238. The van der Waals surface area contributed by atoms with Crippen LogP contribution in [0.2, 0.25) is 0 Å². The lowest BCUT2D eigenvalue weighted by Gasteiger charge is -2.05. The molecule has 3 rings (SSSR count). The zero-order valence-corrected chi connectivity index (χ0v) is 14.7. The van der Waals surface area contributed by atoms with Crippen LogP contribution in [0.1, 0.15) is 35.7 Å². The third kappa shape index (κ3) is 4.35. The minimum atomic E-state index is -0.342. The zero-order chi connectivity index (χ0) is 17.6. The monoisotopic (exact) mass is 335 g/mol. The lowest BCUT2D eigenvalue weighted by Crippen LogP contribution is -2.30. The largest absolute Gasteiger partial charge is 0.423 e. The van der Waals surface area contributed by atoms with Gasteiger partial charge in [-0.05, 0) is 49.7 Å². The molecule has 1 aromatic heterocycles. The van der Waals surface area contributed by atoms with Crippen molar-refractivity contribution in [2.24, 2.45) is 0 Å². The molecule has 0 saturated heterocycles. The minimum Gasteiger partial charge on any atom is -0.423 e. The molecular formula is C21H23N2O2+. The van der Waals surface area contributed by atoms with Crippen molar-refractivity contribution in [2.45, 2.75) is 33.2 Å². The number of aryl methyl sites for hydroxylation is 2. The van der Waals surface area contributed by atoms with Crippen LogP contribution < -0.4 is 9.30 Å². The zero-order valence-electron chi connectivity index (χ0n) is 14.7. The Labute approximate surface area is 148 Å². The van der Waals surface area contributed by atoms with E-state index in [-0.39, 0.29) is 5.97 Å². The van der Waals surface area contributed by atoms with E-state index in [0.29, 0.717) is 11.3 Å². The molecule has 0 amide bonds. The molecule has 0 aliphatic heterocycles. The van der Waals surface area contributed by atoms with E-state index in [1.165, 1.54) is 12.8 Å². The van der Waals surface area contributed by atoms with Crippen molar-refractivity contribution in [3.63, 3.8) is 0 Å². The van der Waals surface area contributed by atoms with Crippen LogP contribution in [0.3, 0.4) is 0 Å². The van der Waals surface area contributed by atoms with Crippen molar-refractivity contribution in [2.75, 3.05) is 0 Å². The maximum Gasteiger partial charge on any atom is 0.343 e. The van der Waals surface area contributed by atoms with Gasteiger partial charge in [0.25, 0.3) is 0 Å². The molecule has 2 aromatic carbocycles. The Bertz CT molecular complexity index is 833. The summed E-state index contributed by atoms with van der Waals surface area (Å²) in [4.78, 5) is 12.2. The topological polar surface area (TPSA) is 35.1 Å². The van der Waals surface area contributed by atoms with Crippen LogP contribution >= 0.6 is 0 Å². The number of carbonyl (C=O) groups excluding carboxylic acids is 1.